The Morgan fingerprint density at radius 2 is 1.70 bits per heavy atom. The third-order valence-electron chi connectivity index (χ3n) is 2.78. The van der Waals surface area contributed by atoms with Crippen LogP contribution in [0.1, 0.15) is 25.0 Å². The van der Waals surface area contributed by atoms with E-state index in [9.17, 15) is 0 Å². The van der Waals surface area contributed by atoms with Crippen molar-refractivity contribution in [1.29, 1.82) is 0 Å². The molecule has 20 heavy (non-hydrogen) atoms. The van der Waals surface area contributed by atoms with Gasteiger partial charge in [0.15, 0.2) is 0 Å². The van der Waals surface area contributed by atoms with Crippen LogP contribution in [0.25, 0.3) is 0 Å². The second kappa shape index (κ2) is 10.8. The molecule has 0 heterocycles. The van der Waals surface area contributed by atoms with Crippen molar-refractivity contribution >= 4 is 0 Å². The van der Waals surface area contributed by atoms with E-state index in [1.165, 1.54) is 11.1 Å². The van der Waals surface area contributed by atoms with E-state index in [1.54, 1.807) is 7.11 Å². The summed E-state index contributed by atoms with van der Waals surface area (Å²) in [5, 5.41) is 3.41. The summed E-state index contributed by atoms with van der Waals surface area (Å²) in [6.07, 6.45) is 0. The highest BCUT2D eigenvalue weighted by Crippen LogP contribution is 2.07. The van der Waals surface area contributed by atoms with E-state index in [-0.39, 0.29) is 0 Å². The van der Waals surface area contributed by atoms with Crippen LogP contribution < -0.4 is 5.32 Å². The van der Waals surface area contributed by atoms with Gasteiger partial charge in [0, 0.05) is 19.7 Å². The molecule has 0 spiro atoms. The van der Waals surface area contributed by atoms with Gasteiger partial charge in [-0.3, -0.25) is 0 Å². The molecule has 1 N–H and O–H groups in total. The van der Waals surface area contributed by atoms with Crippen LogP contribution in [0.2, 0.25) is 0 Å². The number of hydrogen-bond donors (Lipinski definition) is 1. The zero-order valence-corrected chi connectivity index (χ0v) is 12.9. The Hall–Kier alpha value is -0.940. The highest BCUT2D eigenvalue weighted by Gasteiger charge is 1.98. The number of hydrogen-bond acceptors (Lipinski definition) is 4. The first kappa shape index (κ1) is 17.1. The summed E-state index contributed by atoms with van der Waals surface area (Å²) in [7, 11) is 1.67. The Bertz CT molecular complexity index is 355. The van der Waals surface area contributed by atoms with E-state index >= 15 is 0 Å². The molecule has 0 bridgehead atoms. The van der Waals surface area contributed by atoms with E-state index < -0.39 is 0 Å². The lowest BCUT2D eigenvalue weighted by atomic mass is 10.1. The molecule has 0 fully saturated rings. The fourth-order valence-corrected chi connectivity index (χ4v) is 1.70. The van der Waals surface area contributed by atoms with E-state index in [0.29, 0.717) is 39.1 Å². The summed E-state index contributed by atoms with van der Waals surface area (Å²) in [6.45, 7) is 8.29. The topological polar surface area (TPSA) is 39.7 Å². The van der Waals surface area contributed by atoms with Gasteiger partial charge in [-0.05, 0) is 11.1 Å². The SMILES string of the molecule is COCCOCCOCc1cccc(CNC(C)C)c1. The normalized spacial score (nSPS) is 11.2. The van der Waals surface area contributed by atoms with E-state index in [2.05, 4.69) is 43.4 Å². The van der Waals surface area contributed by atoms with Gasteiger partial charge in [-0.2, -0.15) is 0 Å². The fourth-order valence-electron chi connectivity index (χ4n) is 1.70. The maximum absolute atomic E-state index is 5.59. The van der Waals surface area contributed by atoms with Gasteiger partial charge in [-0.15, -0.1) is 0 Å². The van der Waals surface area contributed by atoms with Crippen LogP contribution in [0.4, 0.5) is 0 Å². The standard InChI is InChI=1S/C16H27NO3/c1-14(2)17-12-15-5-4-6-16(11-15)13-20-10-9-19-8-7-18-3/h4-6,11,14,17H,7-10,12-13H2,1-3H3. The number of methoxy groups -OCH3 is 1. The van der Waals surface area contributed by atoms with Crippen molar-refractivity contribution in [3.05, 3.63) is 35.4 Å². The van der Waals surface area contributed by atoms with Gasteiger partial charge in [0.05, 0.1) is 33.0 Å². The molecule has 0 saturated heterocycles. The minimum Gasteiger partial charge on any atom is -0.382 e. The smallest absolute Gasteiger partial charge is 0.0718 e. The van der Waals surface area contributed by atoms with Crippen molar-refractivity contribution in [3.8, 4) is 0 Å². The van der Waals surface area contributed by atoms with Gasteiger partial charge in [-0.25, -0.2) is 0 Å². The van der Waals surface area contributed by atoms with Crippen molar-refractivity contribution in [1.82, 2.24) is 5.32 Å². The van der Waals surface area contributed by atoms with Gasteiger partial charge in [-0.1, -0.05) is 38.1 Å². The maximum atomic E-state index is 5.59. The van der Waals surface area contributed by atoms with Gasteiger partial charge in [0.1, 0.15) is 0 Å². The molecule has 0 amide bonds. The van der Waals surface area contributed by atoms with Crippen molar-refractivity contribution in [2.24, 2.45) is 0 Å². The van der Waals surface area contributed by atoms with E-state index in [1.807, 2.05) is 0 Å². The van der Waals surface area contributed by atoms with Crippen LogP contribution in [0.15, 0.2) is 24.3 Å². The van der Waals surface area contributed by atoms with E-state index in [0.717, 1.165) is 6.54 Å². The first-order chi connectivity index (χ1) is 9.72. The van der Waals surface area contributed by atoms with Crippen LogP contribution in [0, 0.1) is 0 Å². The zero-order valence-electron chi connectivity index (χ0n) is 12.9. The van der Waals surface area contributed by atoms with Gasteiger partial charge in [0.25, 0.3) is 0 Å². The monoisotopic (exact) mass is 281 g/mol. The molecule has 0 aliphatic rings. The highest BCUT2D eigenvalue weighted by molar-refractivity contribution is 5.22. The molecular weight excluding hydrogens is 254 g/mol. The summed E-state index contributed by atoms with van der Waals surface area (Å²) < 4.78 is 15.8. The highest BCUT2D eigenvalue weighted by atomic mass is 16.5. The lowest BCUT2D eigenvalue weighted by molar-refractivity contribution is 0.0199. The predicted octanol–water partition coefficient (Wildman–Crippen LogP) is 2.36. The number of ether oxygens (including phenoxy) is 3. The third-order valence-corrected chi connectivity index (χ3v) is 2.78. The van der Waals surface area contributed by atoms with Crippen molar-refractivity contribution in [2.45, 2.75) is 33.0 Å². The van der Waals surface area contributed by atoms with Crippen LogP contribution in [0.3, 0.4) is 0 Å². The Kier molecular flexibility index (Phi) is 9.24. The lowest BCUT2D eigenvalue weighted by Gasteiger charge is -2.10. The molecule has 0 aliphatic heterocycles. The summed E-state index contributed by atoms with van der Waals surface area (Å²) in [6, 6.07) is 8.98. The number of nitrogens with one attached hydrogen (secondary N) is 1. The van der Waals surface area contributed by atoms with E-state index in [4.69, 9.17) is 14.2 Å². The molecule has 4 heteroatoms. The van der Waals surface area contributed by atoms with Crippen molar-refractivity contribution in [3.63, 3.8) is 0 Å². The Labute approximate surface area is 122 Å². The van der Waals surface area contributed by atoms with Crippen LogP contribution in [0.5, 0.6) is 0 Å². The summed E-state index contributed by atoms with van der Waals surface area (Å²) in [5.41, 5.74) is 2.49. The molecule has 1 rings (SSSR count). The molecule has 0 atom stereocenters. The summed E-state index contributed by atoms with van der Waals surface area (Å²) in [5.74, 6) is 0. The fraction of sp³-hybridized carbons (Fsp3) is 0.625. The lowest BCUT2D eigenvalue weighted by Crippen LogP contribution is -2.21. The van der Waals surface area contributed by atoms with Crippen molar-refractivity contribution < 1.29 is 14.2 Å². The quantitative estimate of drug-likeness (QED) is 0.632. The van der Waals surface area contributed by atoms with Crippen LogP contribution >= 0.6 is 0 Å². The average molecular weight is 281 g/mol. The molecule has 4 nitrogen and oxygen atoms in total. The first-order valence-corrected chi connectivity index (χ1v) is 7.18. The number of benzene rings is 1. The molecule has 0 aliphatic carbocycles. The first-order valence-electron chi connectivity index (χ1n) is 7.18. The molecule has 0 saturated carbocycles. The molecule has 114 valence electrons. The average Bonchev–Trinajstić information content (AvgIpc) is 2.45. The molecule has 1 aromatic carbocycles. The molecule has 1 aromatic rings. The number of rotatable bonds is 11. The second-order valence-corrected chi connectivity index (χ2v) is 5.01. The Balaban J connectivity index is 2.18. The van der Waals surface area contributed by atoms with Crippen LogP contribution in [-0.4, -0.2) is 39.6 Å². The molecule has 0 radical (unpaired) electrons. The summed E-state index contributed by atoms with van der Waals surface area (Å²) >= 11 is 0. The Morgan fingerprint density at radius 3 is 2.45 bits per heavy atom. The molecule has 0 aromatic heterocycles. The minimum atomic E-state index is 0.499. The van der Waals surface area contributed by atoms with Gasteiger partial charge >= 0.3 is 0 Å². The predicted molar refractivity (Wildman–Crippen MR) is 80.8 cm³/mol. The minimum absolute atomic E-state index is 0.499. The molecular formula is C16H27NO3. The second-order valence-electron chi connectivity index (χ2n) is 5.01. The largest absolute Gasteiger partial charge is 0.382 e. The van der Waals surface area contributed by atoms with Gasteiger partial charge in [0.2, 0.25) is 0 Å². The van der Waals surface area contributed by atoms with Crippen molar-refractivity contribution in [2.75, 3.05) is 33.5 Å². The zero-order chi connectivity index (χ0) is 14.6. The summed E-state index contributed by atoms with van der Waals surface area (Å²) in [4.78, 5) is 0. The third kappa shape index (κ3) is 8.27. The maximum Gasteiger partial charge on any atom is 0.0718 e. The van der Waals surface area contributed by atoms with Crippen LogP contribution in [-0.2, 0) is 27.4 Å². The van der Waals surface area contributed by atoms with Gasteiger partial charge < -0.3 is 19.5 Å². The molecule has 0 unspecified atom stereocenters. The Morgan fingerprint density at radius 1 is 1.00 bits per heavy atom.